The first-order valence-corrected chi connectivity index (χ1v) is 7.08. The lowest BCUT2D eigenvalue weighted by atomic mass is 10.1. The molecule has 1 aliphatic heterocycles. The monoisotopic (exact) mass is 287 g/mol. The molecule has 0 spiro atoms. The average molecular weight is 287 g/mol. The van der Waals surface area contributed by atoms with Crippen LogP contribution in [-0.4, -0.2) is 14.9 Å². The van der Waals surface area contributed by atoms with E-state index in [1.54, 1.807) is 4.90 Å². The molecule has 0 unspecified atom stereocenters. The third-order valence-corrected chi connectivity index (χ3v) is 3.86. The number of nitrogens with one attached hydrogen (secondary N) is 1. The highest BCUT2D eigenvalue weighted by atomic mass is 15.1. The summed E-state index contributed by atoms with van der Waals surface area (Å²) in [6.07, 6.45) is 4.02. The summed E-state index contributed by atoms with van der Waals surface area (Å²) >= 11 is 0. The predicted octanol–water partition coefficient (Wildman–Crippen LogP) is 3.17. The Hall–Kier alpha value is -3.13. The van der Waals surface area contributed by atoms with Crippen LogP contribution < -0.4 is 5.32 Å². The van der Waals surface area contributed by atoms with Crippen LogP contribution >= 0.6 is 0 Å². The molecule has 22 heavy (non-hydrogen) atoms. The summed E-state index contributed by atoms with van der Waals surface area (Å²) in [5, 5.41) is 13.4. The molecule has 2 heterocycles. The van der Waals surface area contributed by atoms with Crippen LogP contribution in [0.1, 0.15) is 11.1 Å². The van der Waals surface area contributed by atoms with Gasteiger partial charge >= 0.3 is 0 Å². The van der Waals surface area contributed by atoms with Crippen molar-refractivity contribution >= 4 is 22.5 Å². The molecule has 4 rings (SSSR count). The molecule has 2 aromatic carbocycles. The van der Waals surface area contributed by atoms with Gasteiger partial charge < -0.3 is 10.2 Å². The number of hydrogen-bond donors (Lipinski definition) is 1. The average Bonchev–Trinajstić information content (AvgIpc) is 2.99. The number of para-hydroxylation sites is 1. The van der Waals surface area contributed by atoms with E-state index in [1.165, 1.54) is 5.56 Å². The largest absolute Gasteiger partial charge is 0.324 e. The van der Waals surface area contributed by atoms with Gasteiger partial charge in [-0.15, -0.1) is 0 Å². The van der Waals surface area contributed by atoms with Gasteiger partial charge in [0.2, 0.25) is 5.95 Å². The standard InChI is InChI=1S/C17H13N5/c18-11-22-9-13-5-3-7-16(14(13)10-22)21-17-19-8-12-4-1-2-6-15(12)20-17/h1-8H,9-10H2,(H,19,20,21). The Morgan fingerprint density at radius 1 is 1.09 bits per heavy atom. The number of aromatic nitrogens is 2. The molecule has 5 nitrogen and oxygen atoms in total. The van der Waals surface area contributed by atoms with E-state index in [2.05, 4.69) is 27.5 Å². The number of nitriles is 1. The van der Waals surface area contributed by atoms with Gasteiger partial charge in [-0.25, -0.2) is 9.97 Å². The first-order chi connectivity index (χ1) is 10.8. The fourth-order valence-electron chi connectivity index (χ4n) is 2.76. The molecule has 0 saturated heterocycles. The number of anilines is 2. The lowest BCUT2D eigenvalue weighted by Gasteiger charge is -2.10. The molecule has 0 fully saturated rings. The van der Waals surface area contributed by atoms with Gasteiger partial charge in [0.25, 0.3) is 0 Å². The zero-order valence-corrected chi connectivity index (χ0v) is 11.8. The molecule has 0 amide bonds. The normalized spacial score (nSPS) is 13.0. The fraction of sp³-hybridized carbons (Fsp3) is 0.118. The second kappa shape index (κ2) is 5.01. The second-order valence-corrected chi connectivity index (χ2v) is 5.28. The highest BCUT2D eigenvalue weighted by Gasteiger charge is 2.20. The van der Waals surface area contributed by atoms with Crippen molar-refractivity contribution in [2.75, 3.05) is 5.32 Å². The van der Waals surface area contributed by atoms with Crippen molar-refractivity contribution in [2.24, 2.45) is 0 Å². The van der Waals surface area contributed by atoms with Gasteiger partial charge in [-0.05, 0) is 17.7 Å². The van der Waals surface area contributed by atoms with Crippen LogP contribution in [0.15, 0.2) is 48.7 Å². The van der Waals surface area contributed by atoms with Crippen LogP contribution in [0.2, 0.25) is 0 Å². The number of nitrogens with zero attached hydrogens (tertiary/aromatic N) is 4. The maximum Gasteiger partial charge on any atom is 0.227 e. The zero-order valence-electron chi connectivity index (χ0n) is 11.8. The Labute approximate surface area is 127 Å². The van der Waals surface area contributed by atoms with Gasteiger partial charge in [0.15, 0.2) is 6.19 Å². The minimum atomic E-state index is 0.572. The van der Waals surface area contributed by atoms with Gasteiger partial charge in [-0.1, -0.05) is 30.3 Å². The highest BCUT2D eigenvalue weighted by molar-refractivity contribution is 5.79. The smallest absolute Gasteiger partial charge is 0.227 e. The number of rotatable bonds is 2. The quantitative estimate of drug-likeness (QED) is 0.733. The Kier molecular flexibility index (Phi) is 2.87. The molecule has 0 aliphatic carbocycles. The first-order valence-electron chi connectivity index (χ1n) is 7.08. The first kappa shape index (κ1) is 12.6. The second-order valence-electron chi connectivity index (χ2n) is 5.28. The van der Waals surface area contributed by atoms with Crippen LogP contribution in [0, 0.1) is 11.5 Å². The van der Waals surface area contributed by atoms with E-state index in [0.29, 0.717) is 19.0 Å². The van der Waals surface area contributed by atoms with Crippen molar-refractivity contribution in [3.8, 4) is 6.19 Å². The van der Waals surface area contributed by atoms with Crippen molar-refractivity contribution in [3.63, 3.8) is 0 Å². The molecule has 0 saturated carbocycles. The van der Waals surface area contributed by atoms with E-state index in [0.717, 1.165) is 22.2 Å². The Bertz CT molecular complexity index is 897. The molecule has 5 heteroatoms. The van der Waals surface area contributed by atoms with E-state index in [-0.39, 0.29) is 0 Å². The fourth-order valence-corrected chi connectivity index (χ4v) is 2.76. The lowest BCUT2D eigenvalue weighted by Crippen LogP contribution is -2.07. The summed E-state index contributed by atoms with van der Waals surface area (Å²) < 4.78 is 0. The van der Waals surface area contributed by atoms with Gasteiger partial charge in [0.05, 0.1) is 18.6 Å². The molecule has 1 aliphatic rings. The molecule has 0 bridgehead atoms. The molecular weight excluding hydrogens is 274 g/mol. The molecule has 3 aromatic rings. The predicted molar refractivity (Wildman–Crippen MR) is 84.1 cm³/mol. The van der Waals surface area contributed by atoms with Crippen LogP contribution in [0.4, 0.5) is 11.6 Å². The van der Waals surface area contributed by atoms with Gasteiger partial charge in [-0.3, -0.25) is 0 Å². The van der Waals surface area contributed by atoms with Crippen molar-refractivity contribution < 1.29 is 0 Å². The summed E-state index contributed by atoms with van der Waals surface area (Å²) in [6.45, 7) is 1.29. The van der Waals surface area contributed by atoms with E-state index in [9.17, 15) is 0 Å². The van der Waals surface area contributed by atoms with E-state index >= 15 is 0 Å². The Morgan fingerprint density at radius 2 is 2.00 bits per heavy atom. The minimum Gasteiger partial charge on any atom is -0.324 e. The number of benzene rings is 2. The van der Waals surface area contributed by atoms with E-state index in [1.807, 2.05) is 42.6 Å². The molecular formula is C17H13N5. The van der Waals surface area contributed by atoms with Crippen molar-refractivity contribution in [1.82, 2.24) is 14.9 Å². The molecule has 106 valence electrons. The van der Waals surface area contributed by atoms with Crippen LogP contribution in [0.3, 0.4) is 0 Å². The third-order valence-electron chi connectivity index (χ3n) is 3.86. The molecule has 0 atom stereocenters. The SMILES string of the molecule is N#CN1Cc2cccc(Nc3ncc4ccccc4n3)c2C1. The minimum absolute atomic E-state index is 0.572. The maximum absolute atomic E-state index is 9.07. The third kappa shape index (κ3) is 2.11. The number of hydrogen-bond acceptors (Lipinski definition) is 5. The van der Waals surface area contributed by atoms with Crippen LogP contribution in [-0.2, 0) is 13.1 Å². The topological polar surface area (TPSA) is 64.8 Å². The molecule has 1 N–H and O–H groups in total. The summed E-state index contributed by atoms with van der Waals surface area (Å²) in [5.41, 5.74) is 4.19. The van der Waals surface area contributed by atoms with E-state index < -0.39 is 0 Å². The highest BCUT2D eigenvalue weighted by Crippen LogP contribution is 2.30. The zero-order chi connectivity index (χ0) is 14.9. The van der Waals surface area contributed by atoms with Gasteiger partial charge in [0.1, 0.15) is 0 Å². The summed E-state index contributed by atoms with van der Waals surface area (Å²) in [6, 6.07) is 13.9. The maximum atomic E-state index is 9.07. The van der Waals surface area contributed by atoms with Crippen molar-refractivity contribution in [2.45, 2.75) is 13.1 Å². The summed E-state index contributed by atoms with van der Waals surface area (Å²) in [5.74, 6) is 0.572. The Morgan fingerprint density at radius 3 is 2.91 bits per heavy atom. The van der Waals surface area contributed by atoms with Gasteiger partial charge in [0, 0.05) is 22.8 Å². The van der Waals surface area contributed by atoms with E-state index in [4.69, 9.17) is 5.26 Å². The van der Waals surface area contributed by atoms with Gasteiger partial charge in [-0.2, -0.15) is 5.26 Å². The van der Waals surface area contributed by atoms with Crippen molar-refractivity contribution in [3.05, 3.63) is 59.8 Å². The van der Waals surface area contributed by atoms with Crippen LogP contribution in [0.5, 0.6) is 0 Å². The Balaban J connectivity index is 1.69. The molecule has 1 aromatic heterocycles. The number of fused-ring (bicyclic) bond motifs is 2. The summed E-state index contributed by atoms with van der Waals surface area (Å²) in [7, 11) is 0. The summed E-state index contributed by atoms with van der Waals surface area (Å²) in [4.78, 5) is 10.6. The molecule has 0 radical (unpaired) electrons. The van der Waals surface area contributed by atoms with Crippen molar-refractivity contribution in [1.29, 1.82) is 5.26 Å². The lowest BCUT2D eigenvalue weighted by molar-refractivity contribution is 0.417. The van der Waals surface area contributed by atoms with Crippen LogP contribution in [0.25, 0.3) is 10.9 Å².